The average molecular weight is 414 g/mol. The van der Waals surface area contributed by atoms with E-state index in [1.807, 2.05) is 37.7 Å². The molecular weight excluding hydrogens is 389 g/mol. The quantitative estimate of drug-likeness (QED) is 0.669. The van der Waals surface area contributed by atoms with Gasteiger partial charge in [0.1, 0.15) is 5.69 Å². The number of carbonyl (C=O) groups excluding carboxylic acids is 1. The molecule has 3 heterocycles. The van der Waals surface area contributed by atoms with Crippen LogP contribution in [0.2, 0.25) is 0 Å². The summed E-state index contributed by atoms with van der Waals surface area (Å²) in [5.74, 6) is 0.573. The van der Waals surface area contributed by atoms with Crippen LogP contribution in [0, 0.1) is 0 Å². The first-order valence-electron chi connectivity index (χ1n) is 8.35. The van der Waals surface area contributed by atoms with E-state index in [9.17, 15) is 4.79 Å². The Morgan fingerprint density at radius 2 is 2.11 bits per heavy atom. The highest BCUT2D eigenvalue weighted by atomic mass is 35.5. The van der Waals surface area contributed by atoms with Crippen molar-refractivity contribution >= 4 is 41.8 Å². The summed E-state index contributed by atoms with van der Waals surface area (Å²) in [6.07, 6.45) is 3.31. The van der Waals surface area contributed by atoms with Gasteiger partial charge in [-0.1, -0.05) is 0 Å². The molecule has 148 valence electrons. The van der Waals surface area contributed by atoms with E-state index in [1.165, 1.54) is 0 Å². The molecule has 9 heteroatoms. The summed E-state index contributed by atoms with van der Waals surface area (Å²) >= 11 is 0. The fraction of sp³-hybridized carbons (Fsp3) is 0.389. The second kappa shape index (κ2) is 9.73. The second-order valence-electron chi connectivity index (χ2n) is 6.28. The molecule has 0 aromatic carbocycles. The van der Waals surface area contributed by atoms with Gasteiger partial charge in [-0.25, -0.2) is 9.67 Å². The van der Waals surface area contributed by atoms with Crippen molar-refractivity contribution in [3.8, 4) is 11.5 Å². The Labute approximate surface area is 170 Å². The Hall–Kier alpha value is -2.09. The molecule has 3 rings (SSSR count). The van der Waals surface area contributed by atoms with Crippen LogP contribution in [-0.2, 0) is 0 Å². The number of fused-ring (bicyclic) bond motifs is 1. The van der Waals surface area contributed by atoms with Crippen LogP contribution >= 0.6 is 24.8 Å². The first-order valence-corrected chi connectivity index (χ1v) is 8.35. The van der Waals surface area contributed by atoms with E-state index in [1.54, 1.807) is 30.5 Å². The van der Waals surface area contributed by atoms with Crippen LogP contribution in [0.1, 0.15) is 30.2 Å². The highest BCUT2D eigenvalue weighted by molar-refractivity contribution is 6.06. The molecule has 0 radical (unpaired) electrons. The number of hydrogen-bond donors (Lipinski definition) is 1. The summed E-state index contributed by atoms with van der Waals surface area (Å²) < 4.78 is 7.30. The molecule has 0 aliphatic carbocycles. The third-order valence-corrected chi connectivity index (χ3v) is 4.10. The average Bonchev–Trinajstić information content (AvgIpc) is 3.27. The maximum Gasteiger partial charge on any atom is 0.254 e. The SMILES string of the molecule is CNCCN(C)C(=O)c1cc(-c2ccco2)nc2c1cnn2C(C)C.Cl.Cl. The summed E-state index contributed by atoms with van der Waals surface area (Å²) in [6, 6.07) is 5.57. The lowest BCUT2D eigenvalue weighted by Crippen LogP contribution is -2.33. The predicted octanol–water partition coefficient (Wildman–Crippen LogP) is 3.41. The molecule has 0 fully saturated rings. The zero-order valence-electron chi connectivity index (χ0n) is 15.8. The zero-order chi connectivity index (χ0) is 18.0. The molecule has 0 atom stereocenters. The number of hydrogen-bond acceptors (Lipinski definition) is 5. The summed E-state index contributed by atoms with van der Waals surface area (Å²) in [4.78, 5) is 19.4. The van der Waals surface area contributed by atoms with Crippen LogP contribution in [0.15, 0.2) is 35.1 Å². The van der Waals surface area contributed by atoms with Crippen molar-refractivity contribution in [2.24, 2.45) is 0 Å². The first-order chi connectivity index (χ1) is 12.0. The number of nitrogens with one attached hydrogen (secondary N) is 1. The Morgan fingerprint density at radius 1 is 1.37 bits per heavy atom. The van der Waals surface area contributed by atoms with Gasteiger partial charge in [-0.15, -0.1) is 24.8 Å². The number of carbonyl (C=O) groups is 1. The number of rotatable bonds is 6. The summed E-state index contributed by atoms with van der Waals surface area (Å²) in [6.45, 7) is 5.42. The Bertz CT molecular complexity index is 877. The van der Waals surface area contributed by atoms with E-state index in [-0.39, 0.29) is 36.8 Å². The first kappa shape index (κ1) is 23.0. The van der Waals surface area contributed by atoms with E-state index < -0.39 is 0 Å². The smallest absolute Gasteiger partial charge is 0.254 e. The highest BCUT2D eigenvalue weighted by Gasteiger charge is 2.21. The summed E-state index contributed by atoms with van der Waals surface area (Å²) in [7, 11) is 3.66. The Balaban J connectivity index is 0.00000182. The fourth-order valence-electron chi connectivity index (χ4n) is 2.71. The fourth-order valence-corrected chi connectivity index (χ4v) is 2.71. The molecule has 0 aliphatic heterocycles. The third kappa shape index (κ3) is 4.61. The van der Waals surface area contributed by atoms with Gasteiger partial charge in [-0.05, 0) is 39.1 Å². The van der Waals surface area contributed by atoms with Gasteiger partial charge in [0.25, 0.3) is 5.91 Å². The van der Waals surface area contributed by atoms with E-state index in [0.717, 1.165) is 11.9 Å². The standard InChI is InChI=1S/C18H23N5O2.2ClH/c1-12(2)23-17-14(11-20-23)13(18(24)22(4)8-7-19-3)10-15(21-17)16-6-5-9-25-16;;/h5-6,9-12,19H,7-8H2,1-4H3;2*1H. The Kier molecular flexibility index (Phi) is 8.27. The van der Waals surface area contributed by atoms with Gasteiger partial charge in [0.2, 0.25) is 0 Å². The molecular formula is C18H25Cl2N5O2. The van der Waals surface area contributed by atoms with Crippen molar-refractivity contribution in [2.75, 3.05) is 27.2 Å². The van der Waals surface area contributed by atoms with Crippen molar-refractivity contribution in [2.45, 2.75) is 19.9 Å². The molecule has 3 aromatic rings. The topological polar surface area (TPSA) is 76.2 Å². The van der Waals surface area contributed by atoms with Gasteiger partial charge in [0.05, 0.1) is 23.4 Å². The van der Waals surface area contributed by atoms with Gasteiger partial charge < -0.3 is 14.6 Å². The molecule has 7 nitrogen and oxygen atoms in total. The lowest BCUT2D eigenvalue weighted by atomic mass is 10.1. The molecule has 3 aromatic heterocycles. The van der Waals surface area contributed by atoms with Gasteiger partial charge in [-0.2, -0.15) is 5.10 Å². The molecule has 0 bridgehead atoms. The molecule has 27 heavy (non-hydrogen) atoms. The van der Waals surface area contributed by atoms with Crippen molar-refractivity contribution < 1.29 is 9.21 Å². The molecule has 1 amide bonds. The lowest BCUT2D eigenvalue weighted by molar-refractivity contribution is 0.0798. The molecule has 0 saturated carbocycles. The number of pyridine rings is 1. The number of likely N-dealkylation sites (N-methyl/N-ethyl adjacent to an activating group) is 2. The van der Waals surface area contributed by atoms with Gasteiger partial charge in [-0.3, -0.25) is 4.79 Å². The van der Waals surface area contributed by atoms with Crippen LogP contribution in [0.25, 0.3) is 22.5 Å². The van der Waals surface area contributed by atoms with Crippen molar-refractivity contribution in [3.63, 3.8) is 0 Å². The predicted molar refractivity (Wildman–Crippen MR) is 111 cm³/mol. The van der Waals surface area contributed by atoms with Crippen molar-refractivity contribution in [1.82, 2.24) is 25.0 Å². The van der Waals surface area contributed by atoms with Gasteiger partial charge >= 0.3 is 0 Å². The minimum absolute atomic E-state index is 0. The molecule has 1 N–H and O–H groups in total. The van der Waals surface area contributed by atoms with Gasteiger partial charge in [0, 0.05) is 26.2 Å². The van der Waals surface area contributed by atoms with Crippen LogP contribution in [0.4, 0.5) is 0 Å². The largest absolute Gasteiger partial charge is 0.463 e. The molecule has 0 saturated heterocycles. The molecule has 0 aliphatic rings. The maximum absolute atomic E-state index is 13.0. The summed E-state index contributed by atoms with van der Waals surface area (Å²) in [5, 5.41) is 8.23. The van der Waals surface area contributed by atoms with Crippen LogP contribution < -0.4 is 5.32 Å². The van der Waals surface area contributed by atoms with Gasteiger partial charge in [0.15, 0.2) is 11.4 Å². The number of amides is 1. The monoisotopic (exact) mass is 413 g/mol. The Morgan fingerprint density at radius 3 is 2.70 bits per heavy atom. The zero-order valence-corrected chi connectivity index (χ0v) is 17.4. The number of furan rings is 1. The number of halogens is 2. The number of nitrogens with zero attached hydrogens (tertiary/aromatic N) is 4. The van der Waals surface area contributed by atoms with Crippen LogP contribution in [-0.4, -0.2) is 52.8 Å². The van der Waals surface area contributed by atoms with Crippen molar-refractivity contribution in [3.05, 3.63) is 36.2 Å². The van der Waals surface area contributed by atoms with Crippen molar-refractivity contribution in [1.29, 1.82) is 0 Å². The summed E-state index contributed by atoms with van der Waals surface area (Å²) in [5.41, 5.74) is 1.90. The lowest BCUT2D eigenvalue weighted by Gasteiger charge is -2.18. The van der Waals surface area contributed by atoms with Crippen LogP contribution in [0.5, 0.6) is 0 Å². The highest BCUT2D eigenvalue weighted by Crippen LogP contribution is 2.27. The van der Waals surface area contributed by atoms with E-state index >= 15 is 0 Å². The number of aromatic nitrogens is 3. The molecule has 0 spiro atoms. The van der Waals surface area contributed by atoms with E-state index in [0.29, 0.717) is 29.2 Å². The van der Waals surface area contributed by atoms with E-state index in [4.69, 9.17) is 4.42 Å². The van der Waals surface area contributed by atoms with E-state index in [2.05, 4.69) is 15.4 Å². The molecule has 0 unspecified atom stereocenters. The minimum atomic E-state index is -0.0567. The second-order valence-corrected chi connectivity index (χ2v) is 6.28. The minimum Gasteiger partial charge on any atom is -0.463 e. The third-order valence-electron chi connectivity index (χ3n) is 4.10. The normalized spacial score (nSPS) is 10.6. The van der Waals surface area contributed by atoms with Crippen LogP contribution in [0.3, 0.4) is 0 Å². The maximum atomic E-state index is 13.0.